The number of aromatic nitrogens is 2. The molecule has 0 saturated carbocycles. The lowest BCUT2D eigenvalue weighted by Crippen LogP contribution is -1.90. The summed E-state index contributed by atoms with van der Waals surface area (Å²) in [5, 5.41) is 6.83. The van der Waals surface area contributed by atoms with Gasteiger partial charge in [-0.25, -0.2) is 0 Å². The van der Waals surface area contributed by atoms with Gasteiger partial charge < -0.3 is 4.42 Å². The summed E-state index contributed by atoms with van der Waals surface area (Å²) in [6.45, 7) is 1.95. The first-order valence-corrected chi connectivity index (χ1v) is 4.28. The van der Waals surface area contributed by atoms with Crippen LogP contribution in [0, 0.1) is 11.6 Å². The van der Waals surface area contributed by atoms with Gasteiger partial charge in [-0.3, -0.25) is 5.10 Å². The van der Waals surface area contributed by atoms with Gasteiger partial charge in [-0.1, -0.05) is 12.2 Å². The Balaban J connectivity index is 2.60. The van der Waals surface area contributed by atoms with E-state index in [1.54, 1.807) is 6.26 Å². The van der Waals surface area contributed by atoms with Gasteiger partial charge in [0.25, 0.3) is 0 Å². The quantitative estimate of drug-likeness (QED) is 0.706. The number of aryl methyl sites for hydroxylation is 1. The second kappa shape index (κ2) is 3.14. The van der Waals surface area contributed by atoms with Crippen LogP contribution in [0.3, 0.4) is 0 Å². The standard InChI is InChI=1S/C9H8N2OS/c1-6-5-8(13)10-11-9(6)7-3-2-4-12-7/h2-5H,1H3,(H,10,13). The van der Waals surface area contributed by atoms with Crippen molar-refractivity contribution in [2.75, 3.05) is 0 Å². The molecule has 0 aliphatic carbocycles. The van der Waals surface area contributed by atoms with Crippen molar-refractivity contribution in [3.8, 4) is 11.5 Å². The van der Waals surface area contributed by atoms with Crippen molar-refractivity contribution < 1.29 is 4.42 Å². The van der Waals surface area contributed by atoms with E-state index in [-0.39, 0.29) is 0 Å². The Morgan fingerprint density at radius 2 is 2.38 bits per heavy atom. The molecule has 3 nitrogen and oxygen atoms in total. The van der Waals surface area contributed by atoms with E-state index in [0.29, 0.717) is 4.64 Å². The highest BCUT2D eigenvalue weighted by atomic mass is 32.1. The molecule has 13 heavy (non-hydrogen) atoms. The third kappa shape index (κ3) is 1.53. The molecule has 0 aromatic carbocycles. The number of furan rings is 1. The van der Waals surface area contributed by atoms with Crippen LogP contribution in [-0.4, -0.2) is 10.2 Å². The van der Waals surface area contributed by atoms with E-state index in [1.165, 1.54) is 0 Å². The van der Waals surface area contributed by atoms with Gasteiger partial charge >= 0.3 is 0 Å². The molecular formula is C9H8N2OS. The molecule has 1 N–H and O–H groups in total. The van der Waals surface area contributed by atoms with Crippen molar-refractivity contribution in [1.82, 2.24) is 10.2 Å². The average Bonchev–Trinajstić information content (AvgIpc) is 2.56. The fourth-order valence-electron chi connectivity index (χ4n) is 1.16. The lowest BCUT2D eigenvalue weighted by atomic mass is 10.2. The first kappa shape index (κ1) is 8.19. The van der Waals surface area contributed by atoms with Gasteiger partial charge in [0.1, 0.15) is 10.3 Å². The summed E-state index contributed by atoms with van der Waals surface area (Å²) in [5.74, 6) is 0.753. The number of nitrogens with one attached hydrogen (secondary N) is 1. The Morgan fingerprint density at radius 1 is 1.54 bits per heavy atom. The smallest absolute Gasteiger partial charge is 0.154 e. The fourth-order valence-corrected chi connectivity index (χ4v) is 1.38. The normalized spacial score (nSPS) is 10.2. The van der Waals surface area contributed by atoms with E-state index in [2.05, 4.69) is 10.2 Å². The molecule has 0 aliphatic heterocycles. The molecule has 0 unspecified atom stereocenters. The van der Waals surface area contributed by atoms with Gasteiger partial charge in [0.2, 0.25) is 0 Å². The van der Waals surface area contributed by atoms with E-state index in [1.807, 2.05) is 25.1 Å². The largest absolute Gasteiger partial charge is 0.463 e. The maximum Gasteiger partial charge on any atom is 0.154 e. The molecule has 0 fully saturated rings. The third-order valence-electron chi connectivity index (χ3n) is 1.75. The minimum absolute atomic E-state index is 0.632. The first-order chi connectivity index (χ1) is 6.27. The summed E-state index contributed by atoms with van der Waals surface area (Å²) in [7, 11) is 0. The zero-order chi connectivity index (χ0) is 9.26. The van der Waals surface area contributed by atoms with Crippen LogP contribution in [0.1, 0.15) is 5.56 Å². The molecule has 2 aromatic heterocycles. The third-order valence-corrected chi connectivity index (χ3v) is 1.96. The Kier molecular flexibility index (Phi) is 1.98. The molecular weight excluding hydrogens is 184 g/mol. The summed E-state index contributed by atoms with van der Waals surface area (Å²) in [6.07, 6.45) is 1.62. The summed E-state index contributed by atoms with van der Waals surface area (Å²) in [5.41, 5.74) is 1.82. The topological polar surface area (TPSA) is 41.8 Å². The predicted octanol–water partition coefficient (Wildman–Crippen LogP) is 2.71. The molecule has 0 atom stereocenters. The number of aromatic amines is 1. The highest BCUT2D eigenvalue weighted by Gasteiger charge is 2.05. The molecule has 0 saturated heterocycles. The van der Waals surface area contributed by atoms with Crippen molar-refractivity contribution in [1.29, 1.82) is 0 Å². The van der Waals surface area contributed by atoms with E-state index >= 15 is 0 Å². The van der Waals surface area contributed by atoms with Crippen molar-refractivity contribution in [2.45, 2.75) is 6.92 Å². The van der Waals surface area contributed by atoms with Gasteiger partial charge in [0, 0.05) is 0 Å². The monoisotopic (exact) mass is 192 g/mol. The number of hydrogen-bond donors (Lipinski definition) is 1. The molecule has 2 rings (SSSR count). The van der Waals surface area contributed by atoms with Gasteiger partial charge in [0.05, 0.1) is 6.26 Å². The molecule has 0 radical (unpaired) electrons. The molecule has 2 heterocycles. The van der Waals surface area contributed by atoms with Crippen molar-refractivity contribution in [2.24, 2.45) is 0 Å². The lowest BCUT2D eigenvalue weighted by Gasteiger charge is -1.98. The Hall–Kier alpha value is -1.42. The number of rotatable bonds is 1. The number of hydrogen-bond acceptors (Lipinski definition) is 3. The van der Waals surface area contributed by atoms with Crippen LogP contribution in [0.2, 0.25) is 0 Å². The van der Waals surface area contributed by atoms with Gasteiger partial charge in [-0.2, -0.15) is 5.10 Å². The van der Waals surface area contributed by atoms with Gasteiger partial charge in [-0.15, -0.1) is 0 Å². The molecule has 0 spiro atoms. The lowest BCUT2D eigenvalue weighted by molar-refractivity contribution is 0.578. The van der Waals surface area contributed by atoms with Crippen molar-refractivity contribution in [3.63, 3.8) is 0 Å². The van der Waals surface area contributed by atoms with Gasteiger partial charge in [0.15, 0.2) is 5.76 Å². The van der Waals surface area contributed by atoms with Crippen LogP contribution < -0.4 is 0 Å². The van der Waals surface area contributed by atoms with Crippen LogP contribution in [0.5, 0.6) is 0 Å². The second-order valence-corrected chi connectivity index (χ2v) is 3.18. The SMILES string of the molecule is Cc1cc(=S)[nH]nc1-c1ccco1. The van der Waals surface area contributed by atoms with E-state index in [0.717, 1.165) is 17.0 Å². The maximum atomic E-state index is 5.22. The minimum Gasteiger partial charge on any atom is -0.463 e. The summed E-state index contributed by atoms with van der Waals surface area (Å²) >= 11 is 4.94. The van der Waals surface area contributed by atoms with E-state index in [4.69, 9.17) is 16.6 Å². The van der Waals surface area contributed by atoms with Crippen molar-refractivity contribution >= 4 is 12.2 Å². The fraction of sp³-hybridized carbons (Fsp3) is 0.111. The van der Waals surface area contributed by atoms with Gasteiger partial charge in [-0.05, 0) is 30.7 Å². The first-order valence-electron chi connectivity index (χ1n) is 3.87. The van der Waals surface area contributed by atoms with Crippen LogP contribution in [0.15, 0.2) is 28.9 Å². The van der Waals surface area contributed by atoms with Crippen LogP contribution >= 0.6 is 12.2 Å². The number of nitrogens with zero attached hydrogens (tertiary/aromatic N) is 1. The highest BCUT2D eigenvalue weighted by Crippen LogP contribution is 2.19. The summed E-state index contributed by atoms with van der Waals surface area (Å²) in [4.78, 5) is 0. The second-order valence-electron chi connectivity index (χ2n) is 2.74. The van der Waals surface area contributed by atoms with E-state index in [9.17, 15) is 0 Å². The average molecular weight is 192 g/mol. The molecule has 2 aromatic rings. The highest BCUT2D eigenvalue weighted by molar-refractivity contribution is 7.71. The summed E-state index contributed by atoms with van der Waals surface area (Å²) in [6, 6.07) is 5.56. The molecule has 66 valence electrons. The number of H-pyrrole nitrogens is 1. The van der Waals surface area contributed by atoms with Crippen LogP contribution in [-0.2, 0) is 0 Å². The molecule has 4 heteroatoms. The van der Waals surface area contributed by atoms with E-state index < -0.39 is 0 Å². The predicted molar refractivity (Wildman–Crippen MR) is 51.9 cm³/mol. The zero-order valence-corrected chi connectivity index (χ0v) is 7.89. The minimum atomic E-state index is 0.632. The van der Waals surface area contributed by atoms with Crippen LogP contribution in [0.25, 0.3) is 11.5 Å². The van der Waals surface area contributed by atoms with Crippen molar-refractivity contribution in [3.05, 3.63) is 34.7 Å². The molecule has 0 amide bonds. The Labute approximate surface area is 80.4 Å². The zero-order valence-electron chi connectivity index (χ0n) is 7.07. The summed E-state index contributed by atoms with van der Waals surface area (Å²) < 4.78 is 5.86. The molecule has 0 bridgehead atoms. The maximum absolute atomic E-state index is 5.22. The Morgan fingerprint density at radius 3 is 3.00 bits per heavy atom. The molecule has 0 aliphatic rings. The Bertz CT molecular complexity index is 459. The van der Waals surface area contributed by atoms with Crippen LogP contribution in [0.4, 0.5) is 0 Å².